The van der Waals surface area contributed by atoms with E-state index in [9.17, 15) is 4.39 Å². The fraction of sp³-hybridized carbons (Fsp3) is 0.280. The lowest BCUT2D eigenvalue weighted by atomic mass is 10.00. The first-order chi connectivity index (χ1) is 14.2. The Bertz CT molecular complexity index is 895. The zero-order chi connectivity index (χ0) is 20.5. The summed E-state index contributed by atoms with van der Waals surface area (Å²) in [4.78, 5) is 0. The number of alkyl halides is 1. The number of aryl methyl sites for hydroxylation is 1. The van der Waals surface area contributed by atoms with Crippen molar-refractivity contribution < 1.29 is 13.9 Å². The normalized spacial score (nSPS) is 10.7. The van der Waals surface area contributed by atoms with E-state index in [0.29, 0.717) is 13.2 Å². The van der Waals surface area contributed by atoms with E-state index in [-0.39, 0.29) is 5.82 Å². The lowest BCUT2D eigenvalue weighted by molar-refractivity contribution is 0.291. The molecule has 4 heteroatoms. The van der Waals surface area contributed by atoms with E-state index in [4.69, 9.17) is 9.47 Å². The van der Waals surface area contributed by atoms with Crippen molar-refractivity contribution in [2.45, 2.75) is 32.8 Å². The topological polar surface area (TPSA) is 18.5 Å². The first-order valence-corrected chi connectivity index (χ1v) is 11.5. The summed E-state index contributed by atoms with van der Waals surface area (Å²) in [7, 11) is 0. The zero-order valence-corrected chi connectivity index (χ0v) is 18.8. The summed E-state index contributed by atoms with van der Waals surface area (Å²) in [6.07, 6.45) is 3.04. The maximum absolute atomic E-state index is 13.4. The van der Waals surface area contributed by atoms with E-state index in [0.717, 1.165) is 57.4 Å². The standard InChI is InChI=1S/C25H26FIO2/c1-2-20-16-23(21-10-12-22(26)13-11-21)25(17-24(20)28-15-7-6-14-27)29-18-19-8-4-3-5-9-19/h3-5,8-13,16-17H,2,6-7,14-15,18H2,1H3. The van der Waals surface area contributed by atoms with Gasteiger partial charge in [-0.25, -0.2) is 4.39 Å². The summed E-state index contributed by atoms with van der Waals surface area (Å²) in [5, 5.41) is 0. The summed E-state index contributed by atoms with van der Waals surface area (Å²) in [5.74, 6) is 1.38. The zero-order valence-electron chi connectivity index (χ0n) is 16.7. The largest absolute Gasteiger partial charge is 0.493 e. The first kappa shape index (κ1) is 21.6. The van der Waals surface area contributed by atoms with E-state index < -0.39 is 0 Å². The van der Waals surface area contributed by atoms with Crippen molar-refractivity contribution in [2.75, 3.05) is 11.0 Å². The van der Waals surface area contributed by atoms with E-state index >= 15 is 0 Å². The summed E-state index contributed by atoms with van der Waals surface area (Å²) in [6, 6.07) is 20.7. The van der Waals surface area contributed by atoms with Crippen molar-refractivity contribution in [3.05, 3.63) is 83.7 Å². The molecule has 0 atom stereocenters. The first-order valence-electron chi connectivity index (χ1n) is 9.99. The number of halogens is 2. The van der Waals surface area contributed by atoms with Crippen LogP contribution in [0.5, 0.6) is 11.5 Å². The Balaban J connectivity index is 1.92. The average molecular weight is 504 g/mol. The number of unbranched alkanes of at least 4 members (excludes halogenated alkanes) is 1. The van der Waals surface area contributed by atoms with Gasteiger partial charge in [-0.3, -0.25) is 0 Å². The van der Waals surface area contributed by atoms with Gasteiger partial charge in [-0.05, 0) is 58.6 Å². The molecule has 152 valence electrons. The van der Waals surface area contributed by atoms with E-state index in [1.54, 1.807) is 12.1 Å². The van der Waals surface area contributed by atoms with Crippen LogP contribution >= 0.6 is 22.6 Å². The second kappa shape index (κ2) is 11.2. The van der Waals surface area contributed by atoms with Gasteiger partial charge in [-0.1, -0.05) is 72.0 Å². The fourth-order valence-corrected chi connectivity index (χ4v) is 3.64. The highest BCUT2D eigenvalue weighted by Gasteiger charge is 2.14. The quantitative estimate of drug-likeness (QED) is 0.165. The summed E-state index contributed by atoms with van der Waals surface area (Å²) >= 11 is 2.39. The van der Waals surface area contributed by atoms with Gasteiger partial charge in [0, 0.05) is 11.6 Å². The van der Waals surface area contributed by atoms with Crippen LogP contribution in [0.2, 0.25) is 0 Å². The van der Waals surface area contributed by atoms with Gasteiger partial charge in [0.25, 0.3) is 0 Å². The number of rotatable bonds is 10. The molecule has 0 radical (unpaired) electrons. The molecule has 0 saturated carbocycles. The lowest BCUT2D eigenvalue weighted by Gasteiger charge is -2.18. The molecule has 2 nitrogen and oxygen atoms in total. The minimum absolute atomic E-state index is 0.244. The van der Waals surface area contributed by atoms with Gasteiger partial charge in [-0.15, -0.1) is 0 Å². The Morgan fingerprint density at radius 3 is 2.31 bits per heavy atom. The number of hydrogen-bond donors (Lipinski definition) is 0. The molecule has 0 amide bonds. The third-order valence-electron chi connectivity index (χ3n) is 4.72. The molecule has 0 heterocycles. The molecule has 0 aliphatic carbocycles. The average Bonchev–Trinajstić information content (AvgIpc) is 2.76. The summed E-state index contributed by atoms with van der Waals surface area (Å²) in [6.45, 7) is 3.28. The molecule has 0 spiro atoms. The van der Waals surface area contributed by atoms with Crippen molar-refractivity contribution in [3.8, 4) is 22.6 Å². The minimum Gasteiger partial charge on any atom is -0.493 e. The number of benzene rings is 3. The molecule has 0 aliphatic rings. The van der Waals surface area contributed by atoms with Gasteiger partial charge in [-0.2, -0.15) is 0 Å². The molecule has 3 aromatic rings. The minimum atomic E-state index is -0.244. The molecular formula is C25H26FIO2. The Kier molecular flexibility index (Phi) is 8.35. The third-order valence-corrected chi connectivity index (χ3v) is 5.48. The maximum atomic E-state index is 13.4. The van der Waals surface area contributed by atoms with Crippen LogP contribution < -0.4 is 9.47 Å². The molecule has 0 aromatic heterocycles. The van der Waals surface area contributed by atoms with Gasteiger partial charge in [0.1, 0.15) is 23.9 Å². The van der Waals surface area contributed by atoms with Crippen LogP contribution in [0.1, 0.15) is 30.9 Å². The monoisotopic (exact) mass is 504 g/mol. The SMILES string of the molecule is CCc1cc(-c2ccc(F)cc2)c(OCc2ccccc2)cc1OCCCCI. The molecule has 0 saturated heterocycles. The Morgan fingerprint density at radius 2 is 1.62 bits per heavy atom. The van der Waals surface area contributed by atoms with Crippen molar-refractivity contribution in [1.29, 1.82) is 0 Å². The van der Waals surface area contributed by atoms with Crippen LogP contribution in [-0.4, -0.2) is 11.0 Å². The van der Waals surface area contributed by atoms with E-state index in [1.165, 1.54) is 12.1 Å². The molecule has 29 heavy (non-hydrogen) atoms. The maximum Gasteiger partial charge on any atom is 0.131 e. The van der Waals surface area contributed by atoms with Crippen molar-refractivity contribution in [3.63, 3.8) is 0 Å². The molecule has 0 unspecified atom stereocenters. The van der Waals surface area contributed by atoms with Crippen molar-refractivity contribution in [1.82, 2.24) is 0 Å². The molecule has 0 aliphatic heterocycles. The second-order valence-electron chi connectivity index (χ2n) is 6.84. The molecule has 0 bridgehead atoms. The van der Waals surface area contributed by atoms with Gasteiger partial charge < -0.3 is 9.47 Å². The van der Waals surface area contributed by atoms with E-state index in [2.05, 4.69) is 35.6 Å². The Hall–Kier alpha value is -2.08. The number of ether oxygens (including phenoxy) is 2. The molecule has 0 N–H and O–H groups in total. The molecule has 0 fully saturated rings. The molecule has 3 aromatic carbocycles. The van der Waals surface area contributed by atoms with E-state index in [1.807, 2.05) is 36.4 Å². The van der Waals surface area contributed by atoms with Crippen molar-refractivity contribution >= 4 is 22.6 Å². The van der Waals surface area contributed by atoms with Crippen LogP contribution in [0.4, 0.5) is 4.39 Å². The van der Waals surface area contributed by atoms with Crippen LogP contribution in [-0.2, 0) is 13.0 Å². The highest BCUT2D eigenvalue weighted by atomic mass is 127. The fourth-order valence-electron chi connectivity index (χ4n) is 3.11. The highest BCUT2D eigenvalue weighted by Crippen LogP contribution is 2.37. The van der Waals surface area contributed by atoms with Crippen LogP contribution in [0.15, 0.2) is 66.7 Å². The van der Waals surface area contributed by atoms with Crippen LogP contribution in [0, 0.1) is 5.82 Å². The van der Waals surface area contributed by atoms with Gasteiger partial charge in [0.15, 0.2) is 0 Å². The van der Waals surface area contributed by atoms with Crippen LogP contribution in [0.25, 0.3) is 11.1 Å². The molecular weight excluding hydrogens is 478 g/mol. The lowest BCUT2D eigenvalue weighted by Crippen LogP contribution is -2.03. The van der Waals surface area contributed by atoms with Crippen LogP contribution in [0.3, 0.4) is 0 Å². The number of hydrogen-bond acceptors (Lipinski definition) is 2. The van der Waals surface area contributed by atoms with Crippen molar-refractivity contribution in [2.24, 2.45) is 0 Å². The molecule has 3 rings (SSSR count). The Morgan fingerprint density at radius 1 is 0.862 bits per heavy atom. The predicted octanol–water partition coefficient (Wildman–Crippen LogP) is 7.23. The highest BCUT2D eigenvalue weighted by molar-refractivity contribution is 14.1. The smallest absolute Gasteiger partial charge is 0.131 e. The summed E-state index contributed by atoms with van der Waals surface area (Å²) in [5.41, 5.74) is 4.12. The summed E-state index contributed by atoms with van der Waals surface area (Å²) < 4.78 is 26.9. The Labute approximate surface area is 186 Å². The van der Waals surface area contributed by atoms with Gasteiger partial charge in [0.2, 0.25) is 0 Å². The second-order valence-corrected chi connectivity index (χ2v) is 7.91. The third kappa shape index (κ3) is 6.20. The van der Waals surface area contributed by atoms with Gasteiger partial charge >= 0.3 is 0 Å². The van der Waals surface area contributed by atoms with Gasteiger partial charge in [0.05, 0.1) is 6.61 Å². The predicted molar refractivity (Wildman–Crippen MR) is 126 cm³/mol.